The highest BCUT2D eigenvalue weighted by Crippen LogP contribution is 2.23. The molecule has 0 amide bonds. The molecule has 0 saturated carbocycles. The molecule has 0 heterocycles. The monoisotopic (exact) mass is 356 g/mol. The van der Waals surface area contributed by atoms with Crippen LogP contribution in [-0.2, 0) is 4.74 Å². The number of hydrogen-bond donors (Lipinski definition) is 0. The fraction of sp³-hybridized carbons (Fsp3) is 0.125. The van der Waals surface area contributed by atoms with Gasteiger partial charge in [0.05, 0.1) is 15.6 Å². The summed E-state index contributed by atoms with van der Waals surface area (Å²) in [5, 5.41) is 1.10. The Balaban J connectivity index is 2.08. The summed E-state index contributed by atoms with van der Waals surface area (Å²) in [6, 6.07) is 10.7. The first-order valence-corrected chi connectivity index (χ1v) is 7.47. The van der Waals surface area contributed by atoms with Gasteiger partial charge in [-0.15, -0.1) is 0 Å². The van der Waals surface area contributed by atoms with Gasteiger partial charge in [0.15, 0.2) is 6.10 Å². The van der Waals surface area contributed by atoms with Crippen molar-refractivity contribution in [1.29, 1.82) is 0 Å². The summed E-state index contributed by atoms with van der Waals surface area (Å²) in [5.41, 5.74) is 0.643. The molecule has 0 aliphatic rings. The Hall–Kier alpha value is -1.55. The van der Waals surface area contributed by atoms with Crippen molar-refractivity contribution >= 4 is 46.6 Å². The lowest BCUT2D eigenvalue weighted by atomic mass is 10.1. The molecule has 2 rings (SSSR count). The van der Waals surface area contributed by atoms with Crippen LogP contribution in [0.3, 0.4) is 0 Å². The van der Waals surface area contributed by atoms with Crippen LogP contribution in [0.5, 0.6) is 0 Å². The summed E-state index contributed by atoms with van der Waals surface area (Å²) in [6.45, 7) is 1.51. The fourth-order valence-electron chi connectivity index (χ4n) is 1.75. The van der Waals surface area contributed by atoms with Crippen LogP contribution in [0, 0.1) is 0 Å². The van der Waals surface area contributed by atoms with E-state index in [1.54, 1.807) is 24.3 Å². The van der Waals surface area contributed by atoms with Crippen molar-refractivity contribution in [2.75, 3.05) is 0 Å². The van der Waals surface area contributed by atoms with Crippen molar-refractivity contribution in [3.05, 3.63) is 68.7 Å². The molecule has 0 saturated heterocycles. The lowest BCUT2D eigenvalue weighted by Crippen LogP contribution is -2.24. The topological polar surface area (TPSA) is 43.4 Å². The number of ether oxygens (including phenoxy) is 1. The Labute approximate surface area is 142 Å². The van der Waals surface area contributed by atoms with Gasteiger partial charge in [-0.05, 0) is 49.4 Å². The van der Waals surface area contributed by atoms with Crippen molar-refractivity contribution in [3.63, 3.8) is 0 Å². The lowest BCUT2D eigenvalue weighted by Gasteiger charge is -2.12. The highest BCUT2D eigenvalue weighted by Gasteiger charge is 2.20. The van der Waals surface area contributed by atoms with Gasteiger partial charge in [-0.1, -0.05) is 34.8 Å². The summed E-state index contributed by atoms with van der Waals surface area (Å²) >= 11 is 17.4. The van der Waals surface area contributed by atoms with Gasteiger partial charge in [0.1, 0.15) is 0 Å². The molecule has 0 aromatic heterocycles. The van der Waals surface area contributed by atoms with Crippen LogP contribution in [0.4, 0.5) is 0 Å². The van der Waals surface area contributed by atoms with E-state index in [1.165, 1.54) is 25.1 Å². The van der Waals surface area contributed by atoms with E-state index in [2.05, 4.69) is 0 Å². The molecule has 22 heavy (non-hydrogen) atoms. The second-order valence-corrected chi connectivity index (χ2v) is 5.80. The smallest absolute Gasteiger partial charge is 0.338 e. The number of esters is 1. The minimum Gasteiger partial charge on any atom is -0.451 e. The van der Waals surface area contributed by atoms with E-state index in [1.807, 2.05) is 0 Å². The Morgan fingerprint density at radius 2 is 1.50 bits per heavy atom. The van der Waals surface area contributed by atoms with Crippen LogP contribution in [-0.4, -0.2) is 17.9 Å². The lowest BCUT2D eigenvalue weighted by molar-refractivity contribution is 0.0319. The van der Waals surface area contributed by atoms with Crippen LogP contribution in [0.2, 0.25) is 15.1 Å². The quantitative estimate of drug-likeness (QED) is 0.566. The molecule has 0 aliphatic carbocycles. The molecule has 0 N–H and O–H groups in total. The first-order chi connectivity index (χ1) is 10.4. The minimum atomic E-state index is -0.928. The molecule has 3 nitrogen and oxygen atoms in total. The van der Waals surface area contributed by atoms with Crippen molar-refractivity contribution < 1.29 is 14.3 Å². The zero-order valence-corrected chi connectivity index (χ0v) is 13.7. The first kappa shape index (κ1) is 16.8. The zero-order valence-electron chi connectivity index (χ0n) is 11.5. The molecule has 6 heteroatoms. The van der Waals surface area contributed by atoms with Gasteiger partial charge >= 0.3 is 5.97 Å². The molecule has 1 atom stereocenters. The Kier molecular flexibility index (Phi) is 5.46. The van der Waals surface area contributed by atoms with Crippen molar-refractivity contribution in [1.82, 2.24) is 0 Å². The third-order valence-electron chi connectivity index (χ3n) is 2.94. The molecule has 0 fully saturated rings. The predicted molar refractivity (Wildman–Crippen MR) is 87.1 cm³/mol. The third kappa shape index (κ3) is 4.01. The molecule has 0 radical (unpaired) electrons. The SMILES string of the molecule is C[C@@H](OC(=O)c1ccc(Cl)c(Cl)c1)C(=O)c1ccc(Cl)cc1. The van der Waals surface area contributed by atoms with Crippen LogP contribution >= 0.6 is 34.8 Å². The second-order valence-electron chi connectivity index (χ2n) is 4.55. The molecule has 0 spiro atoms. The van der Waals surface area contributed by atoms with E-state index in [-0.39, 0.29) is 16.4 Å². The molecule has 114 valence electrons. The standard InChI is InChI=1S/C16H11Cl3O3/c1-9(15(20)10-2-5-12(17)6-3-10)22-16(21)11-4-7-13(18)14(19)8-11/h2-9H,1H3/t9-/m1/s1. The summed E-state index contributed by atoms with van der Waals surface area (Å²) in [5.74, 6) is -0.960. The number of carbonyl (C=O) groups is 2. The zero-order chi connectivity index (χ0) is 16.3. The van der Waals surface area contributed by atoms with Crippen molar-refractivity contribution in [2.45, 2.75) is 13.0 Å². The average molecular weight is 358 g/mol. The summed E-state index contributed by atoms with van der Waals surface area (Å²) < 4.78 is 5.15. The highest BCUT2D eigenvalue weighted by atomic mass is 35.5. The van der Waals surface area contributed by atoms with E-state index in [9.17, 15) is 9.59 Å². The Morgan fingerprint density at radius 1 is 0.909 bits per heavy atom. The van der Waals surface area contributed by atoms with Crippen LogP contribution < -0.4 is 0 Å². The van der Waals surface area contributed by atoms with Gasteiger partial charge in [0, 0.05) is 10.6 Å². The van der Waals surface area contributed by atoms with Crippen LogP contribution in [0.1, 0.15) is 27.6 Å². The van der Waals surface area contributed by atoms with Crippen molar-refractivity contribution in [3.8, 4) is 0 Å². The maximum absolute atomic E-state index is 12.2. The van der Waals surface area contributed by atoms with E-state index < -0.39 is 12.1 Å². The summed E-state index contributed by atoms with van der Waals surface area (Å²) in [4.78, 5) is 24.2. The van der Waals surface area contributed by atoms with Gasteiger partial charge < -0.3 is 4.74 Å². The molecule has 0 unspecified atom stereocenters. The molecular weight excluding hydrogens is 347 g/mol. The van der Waals surface area contributed by atoms with Gasteiger partial charge in [0.2, 0.25) is 5.78 Å². The normalized spacial score (nSPS) is 11.8. The maximum Gasteiger partial charge on any atom is 0.338 e. The van der Waals surface area contributed by atoms with Gasteiger partial charge in [-0.3, -0.25) is 4.79 Å². The predicted octanol–water partition coefficient (Wildman–Crippen LogP) is 5.08. The number of hydrogen-bond acceptors (Lipinski definition) is 3. The molecule has 0 bridgehead atoms. The molecular formula is C16H11Cl3O3. The largest absolute Gasteiger partial charge is 0.451 e. The number of benzene rings is 2. The first-order valence-electron chi connectivity index (χ1n) is 6.34. The number of halogens is 3. The number of carbonyl (C=O) groups excluding carboxylic acids is 2. The minimum absolute atomic E-state index is 0.227. The number of Topliss-reactive ketones (excluding diaryl/α,β-unsaturated/α-hetero) is 1. The number of rotatable bonds is 4. The van der Waals surface area contributed by atoms with Crippen LogP contribution in [0.25, 0.3) is 0 Å². The highest BCUT2D eigenvalue weighted by molar-refractivity contribution is 6.42. The fourth-order valence-corrected chi connectivity index (χ4v) is 2.18. The van der Waals surface area contributed by atoms with Crippen molar-refractivity contribution in [2.24, 2.45) is 0 Å². The molecule has 2 aromatic rings. The van der Waals surface area contributed by atoms with E-state index in [0.29, 0.717) is 15.6 Å². The maximum atomic E-state index is 12.2. The third-order valence-corrected chi connectivity index (χ3v) is 3.93. The molecule has 0 aliphatic heterocycles. The second kappa shape index (κ2) is 7.14. The summed E-state index contributed by atoms with van der Waals surface area (Å²) in [6.07, 6.45) is -0.928. The average Bonchev–Trinajstić information content (AvgIpc) is 2.50. The van der Waals surface area contributed by atoms with Gasteiger partial charge in [-0.2, -0.15) is 0 Å². The summed E-state index contributed by atoms with van der Waals surface area (Å²) in [7, 11) is 0. The Morgan fingerprint density at radius 3 is 2.09 bits per heavy atom. The van der Waals surface area contributed by atoms with Crippen LogP contribution in [0.15, 0.2) is 42.5 Å². The number of ketones is 1. The molecule has 2 aromatic carbocycles. The Bertz CT molecular complexity index is 711. The van der Waals surface area contributed by atoms with E-state index >= 15 is 0 Å². The van der Waals surface area contributed by atoms with E-state index in [0.717, 1.165) is 0 Å². The van der Waals surface area contributed by atoms with E-state index in [4.69, 9.17) is 39.5 Å². The van der Waals surface area contributed by atoms with Gasteiger partial charge in [-0.25, -0.2) is 4.79 Å². The van der Waals surface area contributed by atoms with Gasteiger partial charge in [0.25, 0.3) is 0 Å².